The molecule has 1 heterocycles. The highest BCUT2D eigenvalue weighted by molar-refractivity contribution is 6.30. The monoisotopic (exact) mass is 324 g/mol. The third-order valence-electron chi connectivity index (χ3n) is 4.04. The minimum Gasteiger partial charge on any atom is -0.381 e. The van der Waals surface area contributed by atoms with Crippen LogP contribution in [-0.2, 0) is 11.3 Å². The van der Waals surface area contributed by atoms with Gasteiger partial charge in [0.2, 0.25) is 0 Å². The first kappa shape index (κ1) is 17.1. The van der Waals surface area contributed by atoms with Crippen molar-refractivity contribution < 1.29 is 9.53 Å². The number of carbonyl (C=O) groups is 1. The highest BCUT2D eigenvalue weighted by atomic mass is 35.5. The van der Waals surface area contributed by atoms with Gasteiger partial charge in [0.15, 0.2) is 0 Å². The molecule has 1 aromatic rings. The zero-order chi connectivity index (χ0) is 15.8. The Kier molecular flexibility index (Phi) is 7.00. The molecule has 1 aliphatic heterocycles. The van der Waals surface area contributed by atoms with Crippen molar-refractivity contribution in [2.75, 3.05) is 26.3 Å². The summed E-state index contributed by atoms with van der Waals surface area (Å²) in [6.45, 7) is 5.70. The quantitative estimate of drug-likeness (QED) is 0.867. The minimum absolute atomic E-state index is 0.00539. The first-order valence-corrected chi connectivity index (χ1v) is 8.41. The molecule has 2 amide bonds. The summed E-state index contributed by atoms with van der Waals surface area (Å²) in [5.74, 6) is 0.584. The zero-order valence-electron chi connectivity index (χ0n) is 13.2. The maximum absolute atomic E-state index is 12.2. The summed E-state index contributed by atoms with van der Waals surface area (Å²) in [5, 5.41) is 3.73. The van der Waals surface area contributed by atoms with Crippen molar-refractivity contribution in [3.63, 3.8) is 0 Å². The molecular weight excluding hydrogens is 300 g/mol. The maximum atomic E-state index is 12.2. The molecule has 0 aliphatic carbocycles. The van der Waals surface area contributed by atoms with Crippen molar-refractivity contribution in [3.05, 3.63) is 34.9 Å². The third kappa shape index (κ3) is 5.50. The second-order valence-electron chi connectivity index (χ2n) is 5.74. The number of carbonyl (C=O) groups excluding carboxylic acids is 1. The van der Waals surface area contributed by atoms with E-state index >= 15 is 0 Å². The molecule has 0 radical (unpaired) electrons. The number of halogens is 1. The highest BCUT2D eigenvalue weighted by Gasteiger charge is 2.15. The number of benzene rings is 1. The standard InChI is InChI=1S/C17H25ClN2O2/c1-2-20(12-14-5-7-16(18)8-6-14)17(21)19-10-9-15-4-3-11-22-13-15/h5-8,15H,2-4,9-13H2,1H3,(H,19,21). The molecule has 0 bridgehead atoms. The summed E-state index contributed by atoms with van der Waals surface area (Å²) in [6.07, 6.45) is 3.33. The maximum Gasteiger partial charge on any atom is 0.317 e. The molecule has 0 saturated carbocycles. The van der Waals surface area contributed by atoms with Crippen LogP contribution >= 0.6 is 11.6 Å². The van der Waals surface area contributed by atoms with Gasteiger partial charge in [-0.1, -0.05) is 23.7 Å². The van der Waals surface area contributed by atoms with Gasteiger partial charge in [0, 0.05) is 37.9 Å². The number of rotatable bonds is 6. The number of nitrogens with one attached hydrogen (secondary N) is 1. The molecule has 22 heavy (non-hydrogen) atoms. The number of ether oxygens (including phenoxy) is 1. The van der Waals surface area contributed by atoms with E-state index in [0.29, 0.717) is 30.6 Å². The molecule has 1 N–H and O–H groups in total. The highest BCUT2D eigenvalue weighted by Crippen LogP contribution is 2.16. The van der Waals surface area contributed by atoms with Gasteiger partial charge in [-0.2, -0.15) is 0 Å². The number of hydrogen-bond donors (Lipinski definition) is 1. The van der Waals surface area contributed by atoms with Gasteiger partial charge < -0.3 is 15.0 Å². The van der Waals surface area contributed by atoms with Crippen LogP contribution in [0.3, 0.4) is 0 Å². The van der Waals surface area contributed by atoms with Crippen LogP contribution in [0.5, 0.6) is 0 Å². The summed E-state index contributed by atoms with van der Waals surface area (Å²) in [6, 6.07) is 7.61. The fourth-order valence-corrected chi connectivity index (χ4v) is 2.79. The van der Waals surface area contributed by atoms with Gasteiger partial charge in [-0.05, 0) is 49.8 Å². The molecule has 4 nitrogen and oxygen atoms in total. The van der Waals surface area contributed by atoms with Gasteiger partial charge in [0.05, 0.1) is 0 Å². The van der Waals surface area contributed by atoms with Crippen LogP contribution in [0.15, 0.2) is 24.3 Å². The van der Waals surface area contributed by atoms with E-state index in [1.807, 2.05) is 31.2 Å². The van der Waals surface area contributed by atoms with Crippen molar-refractivity contribution in [3.8, 4) is 0 Å². The van der Waals surface area contributed by atoms with Gasteiger partial charge >= 0.3 is 6.03 Å². The van der Waals surface area contributed by atoms with Crippen molar-refractivity contribution in [1.29, 1.82) is 0 Å². The molecular formula is C17H25ClN2O2. The molecule has 1 fully saturated rings. The van der Waals surface area contributed by atoms with Gasteiger partial charge in [0.1, 0.15) is 0 Å². The second-order valence-corrected chi connectivity index (χ2v) is 6.18. The van der Waals surface area contributed by atoms with Crippen LogP contribution in [0.4, 0.5) is 4.79 Å². The van der Waals surface area contributed by atoms with Crippen LogP contribution in [0, 0.1) is 5.92 Å². The molecule has 1 aliphatic rings. The van der Waals surface area contributed by atoms with Gasteiger partial charge in [-0.15, -0.1) is 0 Å². The molecule has 0 aromatic heterocycles. The van der Waals surface area contributed by atoms with Gasteiger partial charge in [-0.25, -0.2) is 4.79 Å². The summed E-state index contributed by atoms with van der Waals surface area (Å²) < 4.78 is 5.46. The SMILES string of the molecule is CCN(Cc1ccc(Cl)cc1)C(=O)NCCC1CCCOC1. The van der Waals surface area contributed by atoms with E-state index in [4.69, 9.17) is 16.3 Å². The Labute approximate surface area is 137 Å². The third-order valence-corrected chi connectivity index (χ3v) is 4.29. The van der Waals surface area contributed by atoms with E-state index < -0.39 is 0 Å². The lowest BCUT2D eigenvalue weighted by Gasteiger charge is -2.24. The van der Waals surface area contributed by atoms with E-state index in [0.717, 1.165) is 31.6 Å². The zero-order valence-corrected chi connectivity index (χ0v) is 13.9. The lowest BCUT2D eigenvalue weighted by molar-refractivity contribution is 0.0518. The number of urea groups is 1. The fourth-order valence-electron chi connectivity index (χ4n) is 2.67. The molecule has 1 saturated heterocycles. The van der Waals surface area contributed by atoms with E-state index in [1.54, 1.807) is 4.90 Å². The predicted molar refractivity (Wildman–Crippen MR) is 89.1 cm³/mol. The smallest absolute Gasteiger partial charge is 0.317 e. The normalized spacial score (nSPS) is 18.0. The second kappa shape index (κ2) is 9.01. The average Bonchev–Trinajstić information content (AvgIpc) is 2.55. The van der Waals surface area contributed by atoms with E-state index in [2.05, 4.69) is 5.32 Å². The fraction of sp³-hybridized carbons (Fsp3) is 0.588. The number of nitrogens with zero attached hydrogens (tertiary/aromatic N) is 1. The molecule has 1 unspecified atom stereocenters. The van der Waals surface area contributed by atoms with Crippen LogP contribution < -0.4 is 5.32 Å². The summed E-state index contributed by atoms with van der Waals surface area (Å²) >= 11 is 5.88. The average molecular weight is 325 g/mol. The van der Waals surface area contributed by atoms with Crippen molar-refractivity contribution in [2.24, 2.45) is 5.92 Å². The van der Waals surface area contributed by atoms with Crippen molar-refractivity contribution >= 4 is 17.6 Å². The first-order chi connectivity index (χ1) is 10.7. The van der Waals surface area contributed by atoms with Crippen LogP contribution in [0.25, 0.3) is 0 Å². The molecule has 0 spiro atoms. The first-order valence-electron chi connectivity index (χ1n) is 8.04. The largest absolute Gasteiger partial charge is 0.381 e. The minimum atomic E-state index is -0.00539. The molecule has 2 rings (SSSR count). The van der Waals surface area contributed by atoms with E-state index in [1.165, 1.54) is 6.42 Å². The Morgan fingerprint density at radius 3 is 2.82 bits per heavy atom. The Bertz CT molecular complexity index is 458. The van der Waals surface area contributed by atoms with Gasteiger partial charge in [-0.3, -0.25) is 0 Å². The van der Waals surface area contributed by atoms with Crippen LogP contribution in [0.2, 0.25) is 5.02 Å². The predicted octanol–water partition coefficient (Wildman–Crippen LogP) is 3.69. The van der Waals surface area contributed by atoms with Crippen LogP contribution in [-0.4, -0.2) is 37.2 Å². The van der Waals surface area contributed by atoms with Crippen molar-refractivity contribution in [1.82, 2.24) is 10.2 Å². The number of hydrogen-bond acceptors (Lipinski definition) is 2. The van der Waals surface area contributed by atoms with Gasteiger partial charge in [0.25, 0.3) is 0 Å². The Morgan fingerprint density at radius 1 is 1.41 bits per heavy atom. The van der Waals surface area contributed by atoms with E-state index in [-0.39, 0.29) is 6.03 Å². The molecule has 5 heteroatoms. The summed E-state index contributed by atoms with van der Waals surface area (Å²) in [4.78, 5) is 14.1. The lowest BCUT2D eigenvalue weighted by atomic mass is 9.99. The Hall–Kier alpha value is -1.26. The topological polar surface area (TPSA) is 41.6 Å². The Balaban J connectivity index is 1.74. The lowest BCUT2D eigenvalue weighted by Crippen LogP contribution is -2.40. The van der Waals surface area contributed by atoms with Crippen LogP contribution in [0.1, 0.15) is 31.7 Å². The van der Waals surface area contributed by atoms with E-state index in [9.17, 15) is 4.79 Å². The summed E-state index contributed by atoms with van der Waals surface area (Å²) in [7, 11) is 0. The number of amides is 2. The van der Waals surface area contributed by atoms with Crippen molar-refractivity contribution in [2.45, 2.75) is 32.7 Å². The Morgan fingerprint density at radius 2 is 2.18 bits per heavy atom. The summed E-state index contributed by atoms with van der Waals surface area (Å²) in [5.41, 5.74) is 1.09. The molecule has 1 atom stereocenters. The molecule has 122 valence electrons. The molecule has 1 aromatic carbocycles.